The number of carbonyl (C=O) groups is 1. The summed E-state index contributed by atoms with van der Waals surface area (Å²) in [7, 11) is -1.90. The third-order valence-electron chi connectivity index (χ3n) is 4.23. The molecule has 0 atom stereocenters. The van der Waals surface area contributed by atoms with Crippen LogP contribution in [0.4, 0.5) is 0 Å². The maximum Gasteiger partial charge on any atom is 0.240 e. The van der Waals surface area contributed by atoms with Crippen LogP contribution >= 0.6 is 0 Å². The molecule has 0 spiro atoms. The number of amides is 1. The first-order valence-corrected chi connectivity index (χ1v) is 10.0. The number of rotatable bonds is 7. The second kappa shape index (κ2) is 8.47. The highest BCUT2D eigenvalue weighted by atomic mass is 32.2. The van der Waals surface area contributed by atoms with E-state index in [1.54, 1.807) is 31.0 Å². The zero-order valence-corrected chi connectivity index (χ0v) is 16.6. The molecule has 2 aromatic rings. The Hall–Kier alpha value is -2.18. The van der Waals surface area contributed by atoms with Crippen molar-refractivity contribution < 1.29 is 13.2 Å². The maximum absolute atomic E-state index is 12.4. The average Bonchev–Trinajstić information content (AvgIpc) is 2.58. The summed E-state index contributed by atoms with van der Waals surface area (Å²) in [6.45, 7) is 6.20. The van der Waals surface area contributed by atoms with E-state index in [9.17, 15) is 13.2 Å². The molecule has 0 heterocycles. The van der Waals surface area contributed by atoms with Crippen LogP contribution in [0.5, 0.6) is 0 Å². The quantitative estimate of drug-likeness (QED) is 0.810. The lowest BCUT2D eigenvalue weighted by Gasteiger charge is -2.18. The van der Waals surface area contributed by atoms with Gasteiger partial charge in [0.25, 0.3) is 0 Å². The third kappa shape index (κ3) is 5.41. The van der Waals surface area contributed by atoms with E-state index in [2.05, 4.69) is 4.72 Å². The highest BCUT2D eigenvalue weighted by Gasteiger charge is 2.17. The van der Waals surface area contributed by atoms with Gasteiger partial charge in [-0.15, -0.1) is 0 Å². The Morgan fingerprint density at radius 1 is 1.00 bits per heavy atom. The molecule has 2 aromatic carbocycles. The summed E-state index contributed by atoms with van der Waals surface area (Å²) < 4.78 is 27.4. The number of nitrogens with zero attached hydrogens (tertiary/aromatic N) is 1. The molecule has 2 rings (SSSR count). The predicted octanol–water partition coefficient (Wildman–Crippen LogP) is 2.94. The van der Waals surface area contributed by atoms with Crippen LogP contribution in [0.3, 0.4) is 0 Å². The van der Waals surface area contributed by atoms with Crippen LogP contribution < -0.4 is 4.72 Å². The van der Waals surface area contributed by atoms with E-state index < -0.39 is 10.0 Å². The summed E-state index contributed by atoms with van der Waals surface area (Å²) in [4.78, 5) is 14.1. The van der Waals surface area contributed by atoms with Gasteiger partial charge in [0, 0.05) is 26.6 Å². The number of aryl methyl sites for hydroxylation is 3. The second-order valence-electron chi connectivity index (χ2n) is 6.65. The van der Waals surface area contributed by atoms with Crippen molar-refractivity contribution in [2.45, 2.75) is 38.6 Å². The van der Waals surface area contributed by atoms with Crippen molar-refractivity contribution in [3.05, 3.63) is 64.7 Å². The van der Waals surface area contributed by atoms with Crippen molar-refractivity contribution in [1.29, 1.82) is 0 Å². The fourth-order valence-corrected chi connectivity index (χ4v) is 3.97. The van der Waals surface area contributed by atoms with E-state index in [1.165, 1.54) is 5.56 Å². The number of hydrogen-bond donors (Lipinski definition) is 1. The zero-order chi connectivity index (χ0) is 19.3. The van der Waals surface area contributed by atoms with Crippen LogP contribution in [-0.2, 0) is 21.4 Å². The molecule has 5 nitrogen and oxygen atoms in total. The minimum atomic E-state index is -3.62. The molecule has 26 heavy (non-hydrogen) atoms. The summed E-state index contributed by atoms with van der Waals surface area (Å²) in [5, 5.41) is 0. The Morgan fingerprint density at radius 3 is 2.27 bits per heavy atom. The lowest BCUT2D eigenvalue weighted by molar-refractivity contribution is -0.130. The molecule has 140 valence electrons. The Balaban J connectivity index is 1.90. The van der Waals surface area contributed by atoms with Crippen LogP contribution in [0, 0.1) is 20.8 Å². The van der Waals surface area contributed by atoms with Crippen molar-refractivity contribution in [3.8, 4) is 0 Å². The minimum Gasteiger partial charge on any atom is -0.341 e. The van der Waals surface area contributed by atoms with Crippen molar-refractivity contribution in [1.82, 2.24) is 9.62 Å². The summed E-state index contributed by atoms with van der Waals surface area (Å²) in [6, 6.07) is 13.3. The zero-order valence-electron chi connectivity index (χ0n) is 15.7. The summed E-state index contributed by atoms with van der Waals surface area (Å²) in [5.74, 6) is -0.103. The monoisotopic (exact) mass is 374 g/mol. The van der Waals surface area contributed by atoms with Gasteiger partial charge < -0.3 is 4.90 Å². The lowest BCUT2D eigenvalue weighted by Crippen LogP contribution is -2.32. The molecule has 1 N–H and O–H groups in total. The van der Waals surface area contributed by atoms with Gasteiger partial charge in [-0.1, -0.05) is 42.0 Å². The van der Waals surface area contributed by atoms with Crippen molar-refractivity contribution in [3.63, 3.8) is 0 Å². The molecule has 0 unspecified atom stereocenters. The topological polar surface area (TPSA) is 66.5 Å². The summed E-state index contributed by atoms with van der Waals surface area (Å²) in [6.07, 6.45) is 0.118. The molecular weight excluding hydrogens is 348 g/mol. The molecule has 0 radical (unpaired) electrons. The molecule has 6 heteroatoms. The molecule has 0 aromatic heterocycles. The van der Waals surface area contributed by atoms with Gasteiger partial charge in [-0.25, -0.2) is 13.1 Å². The van der Waals surface area contributed by atoms with Crippen LogP contribution in [-0.4, -0.2) is 32.8 Å². The number of sulfonamides is 1. The molecule has 1 amide bonds. The third-order valence-corrected chi connectivity index (χ3v) is 5.83. The first-order chi connectivity index (χ1) is 12.2. The van der Waals surface area contributed by atoms with Crippen molar-refractivity contribution in [2.75, 3.05) is 13.6 Å². The van der Waals surface area contributed by atoms with E-state index in [1.807, 2.05) is 44.2 Å². The Morgan fingerprint density at radius 2 is 1.62 bits per heavy atom. The highest BCUT2D eigenvalue weighted by Crippen LogP contribution is 2.16. The molecule has 0 aliphatic heterocycles. The van der Waals surface area contributed by atoms with Gasteiger partial charge in [0.15, 0.2) is 0 Å². The molecule has 0 fully saturated rings. The van der Waals surface area contributed by atoms with Crippen LogP contribution in [0.2, 0.25) is 0 Å². The smallest absolute Gasteiger partial charge is 0.240 e. The first kappa shape index (κ1) is 20.1. The molecule has 0 saturated heterocycles. The standard InChI is InChI=1S/C20H26N2O3S/c1-15-6-9-18(10-7-15)14-22(4)20(23)11-12-21-26(24,25)19-13-16(2)5-8-17(19)3/h5-10,13,21H,11-12,14H2,1-4H3. The van der Waals surface area contributed by atoms with E-state index in [0.717, 1.165) is 11.1 Å². The van der Waals surface area contributed by atoms with Gasteiger partial charge in [-0.05, 0) is 43.5 Å². The molecule has 0 bridgehead atoms. The predicted molar refractivity (Wildman–Crippen MR) is 103 cm³/mol. The van der Waals surface area contributed by atoms with Gasteiger partial charge in [-0.2, -0.15) is 0 Å². The average molecular weight is 375 g/mol. The lowest BCUT2D eigenvalue weighted by atomic mass is 10.1. The van der Waals surface area contributed by atoms with E-state index in [4.69, 9.17) is 0 Å². The van der Waals surface area contributed by atoms with Gasteiger partial charge in [0.2, 0.25) is 15.9 Å². The van der Waals surface area contributed by atoms with Crippen LogP contribution in [0.15, 0.2) is 47.4 Å². The molecule has 0 aliphatic carbocycles. The number of hydrogen-bond acceptors (Lipinski definition) is 3. The number of carbonyl (C=O) groups excluding carboxylic acids is 1. The van der Waals surface area contributed by atoms with E-state index >= 15 is 0 Å². The van der Waals surface area contributed by atoms with Crippen molar-refractivity contribution in [2.24, 2.45) is 0 Å². The molecule has 0 saturated carbocycles. The molecule has 0 aliphatic rings. The Kier molecular flexibility index (Phi) is 6.56. The minimum absolute atomic E-state index is 0.0762. The largest absolute Gasteiger partial charge is 0.341 e. The van der Waals surface area contributed by atoms with Gasteiger partial charge in [0.05, 0.1) is 4.90 Å². The van der Waals surface area contributed by atoms with Crippen LogP contribution in [0.1, 0.15) is 28.7 Å². The van der Waals surface area contributed by atoms with E-state index in [-0.39, 0.29) is 23.8 Å². The summed E-state index contributed by atoms with van der Waals surface area (Å²) >= 11 is 0. The maximum atomic E-state index is 12.4. The normalized spacial score (nSPS) is 11.4. The Labute approximate surface area is 156 Å². The van der Waals surface area contributed by atoms with Crippen LogP contribution in [0.25, 0.3) is 0 Å². The SMILES string of the molecule is Cc1ccc(CN(C)C(=O)CCNS(=O)(=O)c2cc(C)ccc2C)cc1. The van der Waals surface area contributed by atoms with E-state index in [0.29, 0.717) is 12.1 Å². The van der Waals surface area contributed by atoms with Gasteiger partial charge in [-0.3, -0.25) is 4.79 Å². The summed E-state index contributed by atoms with van der Waals surface area (Å²) in [5.41, 5.74) is 3.78. The van der Waals surface area contributed by atoms with Gasteiger partial charge in [0.1, 0.15) is 0 Å². The number of benzene rings is 2. The second-order valence-corrected chi connectivity index (χ2v) is 8.39. The fourth-order valence-electron chi connectivity index (χ4n) is 2.61. The Bertz CT molecular complexity index is 874. The fraction of sp³-hybridized carbons (Fsp3) is 0.350. The highest BCUT2D eigenvalue weighted by molar-refractivity contribution is 7.89. The molecular formula is C20H26N2O3S. The number of nitrogens with one attached hydrogen (secondary N) is 1. The first-order valence-electron chi connectivity index (χ1n) is 8.55. The van der Waals surface area contributed by atoms with Gasteiger partial charge >= 0.3 is 0 Å². The van der Waals surface area contributed by atoms with Crippen molar-refractivity contribution >= 4 is 15.9 Å².